The van der Waals surface area contributed by atoms with Crippen LogP contribution in [0, 0.1) is 20.8 Å². The largest absolute Gasteiger partial charge is 0.330 e. The average molecular weight is 256 g/mol. The summed E-state index contributed by atoms with van der Waals surface area (Å²) in [6.07, 6.45) is 0.472. The van der Waals surface area contributed by atoms with Crippen LogP contribution in [0.2, 0.25) is 0 Å². The third-order valence-corrected chi connectivity index (χ3v) is 3.89. The molecule has 0 spiro atoms. The van der Waals surface area contributed by atoms with Gasteiger partial charge in [-0.25, -0.2) is 8.42 Å². The van der Waals surface area contributed by atoms with Crippen molar-refractivity contribution in [1.82, 2.24) is 0 Å². The monoisotopic (exact) mass is 256 g/mol. The van der Waals surface area contributed by atoms with Gasteiger partial charge in [0.25, 0.3) is 0 Å². The molecule has 0 amide bonds. The minimum Gasteiger partial charge on any atom is -0.330 e. The summed E-state index contributed by atoms with van der Waals surface area (Å²) in [4.78, 5) is 0. The summed E-state index contributed by atoms with van der Waals surface area (Å²) in [5.41, 5.74) is 9.02. The Morgan fingerprint density at radius 3 is 2.18 bits per heavy atom. The Kier molecular flexibility index (Phi) is 4.54. The van der Waals surface area contributed by atoms with E-state index >= 15 is 0 Å². The lowest BCUT2D eigenvalue weighted by Gasteiger charge is -2.14. The van der Waals surface area contributed by atoms with Gasteiger partial charge in [0, 0.05) is 0 Å². The highest BCUT2D eigenvalue weighted by Gasteiger charge is 2.13. The second-order valence-corrected chi connectivity index (χ2v) is 6.18. The highest BCUT2D eigenvalue weighted by molar-refractivity contribution is 7.92. The van der Waals surface area contributed by atoms with Crippen LogP contribution in [0.3, 0.4) is 0 Å². The minimum absolute atomic E-state index is 0.0657. The van der Waals surface area contributed by atoms with Crippen molar-refractivity contribution in [2.75, 3.05) is 17.0 Å². The number of nitrogens with two attached hydrogens (primary N) is 1. The zero-order valence-electron chi connectivity index (χ0n) is 10.6. The van der Waals surface area contributed by atoms with Gasteiger partial charge in [0.15, 0.2) is 0 Å². The third-order valence-electron chi connectivity index (χ3n) is 2.55. The number of sulfonamides is 1. The fourth-order valence-electron chi connectivity index (χ4n) is 1.82. The molecule has 0 bridgehead atoms. The zero-order valence-corrected chi connectivity index (χ0v) is 11.4. The molecule has 0 saturated carbocycles. The first-order chi connectivity index (χ1) is 7.85. The number of hydrogen-bond acceptors (Lipinski definition) is 3. The molecular formula is C12H20N2O2S. The maximum atomic E-state index is 11.8. The Bertz CT molecular complexity index is 472. The van der Waals surface area contributed by atoms with E-state index in [1.165, 1.54) is 0 Å². The van der Waals surface area contributed by atoms with Crippen molar-refractivity contribution in [1.29, 1.82) is 0 Å². The molecule has 3 N–H and O–H groups in total. The van der Waals surface area contributed by atoms with Gasteiger partial charge in [-0.1, -0.05) is 17.7 Å². The maximum Gasteiger partial charge on any atom is 0.232 e. The molecule has 0 aromatic heterocycles. The molecule has 0 radical (unpaired) electrons. The van der Waals surface area contributed by atoms with E-state index in [4.69, 9.17) is 5.73 Å². The lowest BCUT2D eigenvalue weighted by Crippen LogP contribution is -2.20. The number of benzene rings is 1. The summed E-state index contributed by atoms with van der Waals surface area (Å²) in [7, 11) is -3.28. The number of anilines is 1. The molecule has 1 rings (SSSR count). The molecule has 0 saturated heterocycles. The molecule has 17 heavy (non-hydrogen) atoms. The second kappa shape index (κ2) is 5.51. The molecule has 0 fully saturated rings. The zero-order chi connectivity index (χ0) is 13.1. The fraction of sp³-hybridized carbons (Fsp3) is 0.500. The van der Waals surface area contributed by atoms with Gasteiger partial charge in [0.05, 0.1) is 11.4 Å². The van der Waals surface area contributed by atoms with Crippen LogP contribution in [-0.4, -0.2) is 20.7 Å². The highest BCUT2D eigenvalue weighted by atomic mass is 32.2. The van der Waals surface area contributed by atoms with Crippen molar-refractivity contribution in [3.63, 3.8) is 0 Å². The number of hydrogen-bond donors (Lipinski definition) is 2. The lowest BCUT2D eigenvalue weighted by atomic mass is 10.1. The number of rotatable bonds is 5. The van der Waals surface area contributed by atoms with Gasteiger partial charge in [0.1, 0.15) is 0 Å². The van der Waals surface area contributed by atoms with Crippen molar-refractivity contribution in [2.24, 2.45) is 5.73 Å². The summed E-state index contributed by atoms with van der Waals surface area (Å²) in [5.74, 6) is 0.0657. The number of nitrogens with one attached hydrogen (secondary N) is 1. The maximum absolute atomic E-state index is 11.8. The Balaban J connectivity index is 2.96. The second-order valence-electron chi connectivity index (χ2n) is 4.34. The Morgan fingerprint density at radius 1 is 1.18 bits per heavy atom. The quantitative estimate of drug-likeness (QED) is 0.842. The average Bonchev–Trinajstić information content (AvgIpc) is 2.21. The first-order valence-corrected chi connectivity index (χ1v) is 7.29. The molecule has 0 heterocycles. The van der Waals surface area contributed by atoms with Crippen molar-refractivity contribution >= 4 is 15.7 Å². The first-order valence-electron chi connectivity index (χ1n) is 5.64. The Hall–Kier alpha value is -1.07. The van der Waals surface area contributed by atoms with E-state index in [-0.39, 0.29) is 5.75 Å². The van der Waals surface area contributed by atoms with Gasteiger partial charge in [-0.2, -0.15) is 0 Å². The summed E-state index contributed by atoms with van der Waals surface area (Å²) in [6.45, 7) is 6.18. The van der Waals surface area contributed by atoms with Gasteiger partial charge in [-0.05, 0) is 44.9 Å². The van der Waals surface area contributed by atoms with E-state index in [0.717, 1.165) is 16.7 Å². The molecule has 0 atom stereocenters. The van der Waals surface area contributed by atoms with Crippen LogP contribution in [0.25, 0.3) is 0 Å². The van der Waals surface area contributed by atoms with Crippen LogP contribution in [0.5, 0.6) is 0 Å². The Morgan fingerprint density at radius 2 is 1.71 bits per heavy atom. The molecule has 96 valence electrons. The van der Waals surface area contributed by atoms with Gasteiger partial charge in [-0.3, -0.25) is 4.72 Å². The van der Waals surface area contributed by atoms with Crippen molar-refractivity contribution in [2.45, 2.75) is 27.2 Å². The molecule has 0 unspecified atom stereocenters. The molecule has 5 heteroatoms. The first kappa shape index (κ1) is 14.0. The predicted molar refractivity (Wildman–Crippen MR) is 71.7 cm³/mol. The van der Waals surface area contributed by atoms with E-state index in [9.17, 15) is 8.42 Å². The van der Waals surface area contributed by atoms with Crippen LogP contribution in [0.1, 0.15) is 23.1 Å². The molecule has 4 nitrogen and oxygen atoms in total. The van der Waals surface area contributed by atoms with E-state index in [1.54, 1.807) is 0 Å². The van der Waals surface area contributed by atoms with E-state index < -0.39 is 10.0 Å². The molecule has 1 aromatic rings. The third kappa shape index (κ3) is 4.02. The lowest BCUT2D eigenvalue weighted by molar-refractivity contribution is 0.598. The summed E-state index contributed by atoms with van der Waals surface area (Å²) >= 11 is 0. The molecule has 0 aliphatic heterocycles. The van der Waals surface area contributed by atoms with Crippen LogP contribution < -0.4 is 10.5 Å². The van der Waals surface area contributed by atoms with Gasteiger partial charge in [-0.15, -0.1) is 0 Å². The Labute approximate surface area is 103 Å². The summed E-state index contributed by atoms with van der Waals surface area (Å²) in [5, 5.41) is 0. The summed E-state index contributed by atoms with van der Waals surface area (Å²) < 4.78 is 26.2. The van der Waals surface area contributed by atoms with E-state index in [0.29, 0.717) is 18.7 Å². The standard InChI is InChI=1S/C12H20N2O2S/c1-9-7-10(2)12(11(3)8-9)14-17(15,16)6-4-5-13/h7-8,14H,4-6,13H2,1-3H3. The fourth-order valence-corrected chi connectivity index (χ4v) is 3.10. The normalized spacial score (nSPS) is 11.5. The van der Waals surface area contributed by atoms with Gasteiger partial charge < -0.3 is 5.73 Å². The predicted octanol–water partition coefficient (Wildman–Crippen LogP) is 1.70. The van der Waals surface area contributed by atoms with Crippen LogP contribution >= 0.6 is 0 Å². The van der Waals surface area contributed by atoms with Crippen LogP contribution in [-0.2, 0) is 10.0 Å². The van der Waals surface area contributed by atoms with Gasteiger partial charge >= 0.3 is 0 Å². The topological polar surface area (TPSA) is 72.2 Å². The van der Waals surface area contributed by atoms with Gasteiger partial charge in [0.2, 0.25) is 10.0 Å². The van der Waals surface area contributed by atoms with Crippen molar-refractivity contribution < 1.29 is 8.42 Å². The van der Waals surface area contributed by atoms with Crippen molar-refractivity contribution in [3.05, 3.63) is 28.8 Å². The SMILES string of the molecule is Cc1cc(C)c(NS(=O)(=O)CCCN)c(C)c1. The van der Waals surface area contributed by atoms with E-state index in [1.807, 2.05) is 32.9 Å². The van der Waals surface area contributed by atoms with E-state index in [2.05, 4.69) is 4.72 Å². The van der Waals surface area contributed by atoms with Crippen LogP contribution in [0.15, 0.2) is 12.1 Å². The van der Waals surface area contributed by atoms with Crippen LogP contribution in [0.4, 0.5) is 5.69 Å². The minimum atomic E-state index is -3.28. The molecular weight excluding hydrogens is 236 g/mol. The highest BCUT2D eigenvalue weighted by Crippen LogP contribution is 2.23. The smallest absolute Gasteiger partial charge is 0.232 e. The number of aryl methyl sites for hydroxylation is 3. The van der Waals surface area contributed by atoms with Crippen molar-refractivity contribution in [3.8, 4) is 0 Å². The summed E-state index contributed by atoms with van der Waals surface area (Å²) in [6, 6.07) is 3.93. The molecule has 0 aliphatic carbocycles. The molecule has 1 aromatic carbocycles. The molecule has 0 aliphatic rings.